The first kappa shape index (κ1) is 21.3. The van der Waals surface area contributed by atoms with Gasteiger partial charge in [-0.15, -0.1) is 11.8 Å². The van der Waals surface area contributed by atoms with Crippen molar-refractivity contribution in [3.63, 3.8) is 0 Å². The molecule has 2 aromatic rings. The number of benzene rings is 2. The summed E-state index contributed by atoms with van der Waals surface area (Å²) in [6.07, 6.45) is 0. The average molecular weight is 403 g/mol. The van der Waals surface area contributed by atoms with Crippen LogP contribution in [0, 0.1) is 0 Å². The van der Waals surface area contributed by atoms with Crippen molar-refractivity contribution in [2.45, 2.75) is 17.1 Å². The number of rotatable bonds is 7. The van der Waals surface area contributed by atoms with Gasteiger partial charge in [0, 0.05) is 10.6 Å². The number of carbonyl (C=O) groups is 3. The minimum atomic E-state index is -0.623. The molecule has 0 aliphatic carbocycles. The van der Waals surface area contributed by atoms with Crippen LogP contribution in [0.4, 0.5) is 5.69 Å². The second-order valence-corrected chi connectivity index (χ2v) is 7.12. The van der Waals surface area contributed by atoms with Gasteiger partial charge < -0.3 is 19.5 Å². The Morgan fingerprint density at radius 1 is 0.893 bits per heavy atom. The summed E-state index contributed by atoms with van der Waals surface area (Å²) >= 11 is 1.37. The summed E-state index contributed by atoms with van der Waals surface area (Å²) < 4.78 is 14.5. The normalized spacial score (nSPS) is 11.3. The van der Waals surface area contributed by atoms with E-state index in [-0.39, 0.29) is 17.0 Å². The third-order valence-electron chi connectivity index (χ3n) is 3.78. The zero-order valence-corrected chi connectivity index (χ0v) is 16.8. The minimum Gasteiger partial charge on any atom is -0.497 e. The monoisotopic (exact) mass is 403 g/mol. The zero-order chi connectivity index (χ0) is 20.7. The van der Waals surface area contributed by atoms with Crippen LogP contribution in [0.5, 0.6) is 5.75 Å². The predicted octanol–water partition coefficient (Wildman–Crippen LogP) is 3.39. The molecule has 0 saturated heterocycles. The largest absolute Gasteiger partial charge is 0.497 e. The van der Waals surface area contributed by atoms with Crippen LogP contribution in [0.2, 0.25) is 0 Å². The van der Waals surface area contributed by atoms with Gasteiger partial charge in [-0.1, -0.05) is 0 Å². The topological polar surface area (TPSA) is 90.9 Å². The lowest BCUT2D eigenvalue weighted by atomic mass is 10.1. The smallest absolute Gasteiger partial charge is 0.337 e. The average Bonchev–Trinajstić information content (AvgIpc) is 2.72. The van der Waals surface area contributed by atoms with E-state index in [1.54, 1.807) is 14.0 Å². The summed E-state index contributed by atoms with van der Waals surface area (Å²) in [5.41, 5.74) is 0.572. The highest BCUT2D eigenvalue weighted by molar-refractivity contribution is 8.00. The van der Waals surface area contributed by atoms with Crippen LogP contribution in [0.15, 0.2) is 47.4 Å². The molecule has 0 bridgehead atoms. The first-order chi connectivity index (χ1) is 13.4. The summed E-state index contributed by atoms with van der Waals surface area (Å²) in [6, 6.07) is 11.6. The van der Waals surface area contributed by atoms with Crippen molar-refractivity contribution in [1.82, 2.24) is 0 Å². The highest BCUT2D eigenvalue weighted by atomic mass is 32.2. The van der Waals surface area contributed by atoms with E-state index in [4.69, 9.17) is 14.2 Å². The molecule has 2 aromatic carbocycles. The lowest BCUT2D eigenvalue weighted by molar-refractivity contribution is -0.115. The van der Waals surface area contributed by atoms with Gasteiger partial charge in [0.15, 0.2) is 0 Å². The molecule has 0 radical (unpaired) electrons. The van der Waals surface area contributed by atoms with E-state index in [2.05, 4.69) is 5.32 Å². The van der Waals surface area contributed by atoms with Gasteiger partial charge in [0.05, 0.1) is 37.7 Å². The Morgan fingerprint density at radius 2 is 1.43 bits per heavy atom. The molecule has 1 amide bonds. The van der Waals surface area contributed by atoms with Crippen molar-refractivity contribution >= 4 is 35.3 Å². The van der Waals surface area contributed by atoms with Gasteiger partial charge >= 0.3 is 11.9 Å². The highest BCUT2D eigenvalue weighted by Crippen LogP contribution is 2.26. The van der Waals surface area contributed by atoms with Crippen LogP contribution >= 0.6 is 11.8 Å². The number of hydrogen-bond donors (Lipinski definition) is 1. The van der Waals surface area contributed by atoms with Crippen LogP contribution < -0.4 is 10.1 Å². The maximum absolute atomic E-state index is 12.6. The van der Waals surface area contributed by atoms with E-state index < -0.39 is 17.2 Å². The number of methoxy groups -OCH3 is 3. The quantitative estimate of drug-likeness (QED) is 0.560. The summed E-state index contributed by atoms with van der Waals surface area (Å²) in [5.74, 6) is -0.793. The van der Waals surface area contributed by atoms with Crippen LogP contribution in [0.1, 0.15) is 27.6 Å². The van der Waals surface area contributed by atoms with Crippen molar-refractivity contribution < 1.29 is 28.6 Å². The lowest BCUT2D eigenvalue weighted by Gasteiger charge is -2.14. The Balaban J connectivity index is 2.16. The molecule has 8 heteroatoms. The molecule has 148 valence electrons. The van der Waals surface area contributed by atoms with E-state index in [0.717, 1.165) is 10.6 Å². The van der Waals surface area contributed by atoms with Gasteiger partial charge in [0.25, 0.3) is 0 Å². The minimum absolute atomic E-state index is 0.135. The lowest BCUT2D eigenvalue weighted by Crippen LogP contribution is -2.23. The number of nitrogens with one attached hydrogen (secondary N) is 1. The van der Waals surface area contributed by atoms with E-state index >= 15 is 0 Å². The number of esters is 2. The highest BCUT2D eigenvalue weighted by Gasteiger charge is 2.18. The molecular formula is C20H21NO6S. The molecule has 0 unspecified atom stereocenters. The fraction of sp³-hybridized carbons (Fsp3) is 0.250. The van der Waals surface area contributed by atoms with Gasteiger partial charge in [-0.2, -0.15) is 0 Å². The zero-order valence-electron chi connectivity index (χ0n) is 16.0. The second-order valence-electron chi connectivity index (χ2n) is 5.71. The Kier molecular flexibility index (Phi) is 7.45. The number of anilines is 1. The van der Waals surface area contributed by atoms with Crippen molar-refractivity contribution in [2.24, 2.45) is 0 Å². The molecule has 0 fully saturated rings. The molecule has 7 nitrogen and oxygen atoms in total. The maximum atomic E-state index is 12.6. The molecule has 1 atom stereocenters. The maximum Gasteiger partial charge on any atom is 0.337 e. The van der Waals surface area contributed by atoms with Crippen molar-refractivity contribution in [2.75, 3.05) is 26.6 Å². The Labute approximate surface area is 167 Å². The van der Waals surface area contributed by atoms with Crippen LogP contribution in [0.3, 0.4) is 0 Å². The molecule has 0 aliphatic rings. The number of ether oxygens (including phenoxy) is 3. The third-order valence-corrected chi connectivity index (χ3v) is 4.90. The summed E-state index contributed by atoms with van der Waals surface area (Å²) in [7, 11) is 4.06. The molecule has 0 heterocycles. The molecule has 0 spiro atoms. The van der Waals surface area contributed by atoms with Crippen molar-refractivity contribution in [3.05, 3.63) is 53.6 Å². The first-order valence-corrected chi connectivity index (χ1v) is 9.19. The molecule has 1 N–H and O–H groups in total. The third kappa shape index (κ3) is 5.50. The Bertz CT molecular complexity index is 831. The van der Waals surface area contributed by atoms with E-state index in [0.29, 0.717) is 5.69 Å². The van der Waals surface area contributed by atoms with E-state index in [9.17, 15) is 14.4 Å². The summed E-state index contributed by atoms with van der Waals surface area (Å²) in [6.45, 7) is 1.76. The molecular weight excluding hydrogens is 382 g/mol. The van der Waals surface area contributed by atoms with E-state index in [1.807, 2.05) is 24.3 Å². The van der Waals surface area contributed by atoms with Crippen molar-refractivity contribution in [1.29, 1.82) is 0 Å². The second kappa shape index (κ2) is 9.80. The van der Waals surface area contributed by atoms with Gasteiger partial charge in [-0.05, 0) is 49.4 Å². The van der Waals surface area contributed by atoms with Crippen LogP contribution in [-0.2, 0) is 14.3 Å². The van der Waals surface area contributed by atoms with Gasteiger partial charge in [0.2, 0.25) is 5.91 Å². The van der Waals surface area contributed by atoms with Crippen molar-refractivity contribution in [3.8, 4) is 5.75 Å². The molecule has 28 heavy (non-hydrogen) atoms. The Morgan fingerprint density at radius 3 is 1.89 bits per heavy atom. The van der Waals surface area contributed by atoms with Gasteiger partial charge in [-0.25, -0.2) is 9.59 Å². The van der Waals surface area contributed by atoms with Gasteiger partial charge in [0.1, 0.15) is 5.75 Å². The summed E-state index contributed by atoms with van der Waals surface area (Å²) in [5, 5.41) is 2.30. The number of carbonyl (C=O) groups excluding carboxylic acids is 3. The van der Waals surface area contributed by atoms with Crippen LogP contribution in [0.25, 0.3) is 0 Å². The van der Waals surface area contributed by atoms with E-state index in [1.165, 1.54) is 44.2 Å². The van der Waals surface area contributed by atoms with Crippen LogP contribution in [-0.4, -0.2) is 44.4 Å². The number of hydrogen-bond acceptors (Lipinski definition) is 7. The molecule has 0 aliphatic heterocycles. The molecule has 0 saturated carbocycles. The van der Waals surface area contributed by atoms with Gasteiger partial charge in [-0.3, -0.25) is 4.79 Å². The summed E-state index contributed by atoms with van der Waals surface area (Å²) in [4.78, 5) is 37.1. The Hall–Kier alpha value is -3.00. The standard InChI is InChI=1S/C20H21NO6S/c1-12(28-17-7-5-16(25-2)6-8-17)18(22)21-15-10-13(19(23)26-3)9-14(11-15)20(24)27-4/h5-12H,1-4H3,(H,21,22)/t12-/m1/s1. The number of amides is 1. The first-order valence-electron chi connectivity index (χ1n) is 8.31. The fourth-order valence-corrected chi connectivity index (χ4v) is 3.19. The number of thioether (sulfide) groups is 1. The fourth-order valence-electron chi connectivity index (χ4n) is 2.33. The SMILES string of the molecule is COC(=O)c1cc(NC(=O)[C@@H](C)Sc2ccc(OC)cc2)cc(C(=O)OC)c1. The molecule has 0 aromatic heterocycles. The molecule has 2 rings (SSSR count). The predicted molar refractivity (Wildman–Crippen MR) is 106 cm³/mol.